The lowest BCUT2D eigenvalue weighted by Gasteiger charge is -2.32. The molecule has 1 aliphatic rings. The van der Waals surface area contributed by atoms with E-state index in [4.69, 9.17) is 14.0 Å². The van der Waals surface area contributed by atoms with Crippen molar-refractivity contribution in [2.24, 2.45) is 0 Å². The van der Waals surface area contributed by atoms with Crippen LogP contribution in [-0.2, 0) is 9.31 Å². The van der Waals surface area contributed by atoms with Crippen LogP contribution in [0.15, 0.2) is 53.4 Å². The Labute approximate surface area is 226 Å². The fourth-order valence-electron chi connectivity index (χ4n) is 3.24. The van der Waals surface area contributed by atoms with E-state index in [1.54, 1.807) is 11.8 Å². The third-order valence-electron chi connectivity index (χ3n) is 6.49. The number of hydrogen-bond acceptors (Lipinski definition) is 5. The van der Waals surface area contributed by atoms with Crippen LogP contribution in [0.25, 0.3) is 0 Å². The van der Waals surface area contributed by atoms with E-state index in [2.05, 4.69) is 57.2 Å². The monoisotopic (exact) mass is 514 g/mol. The molecule has 1 heterocycles. The van der Waals surface area contributed by atoms with Gasteiger partial charge in [-0.1, -0.05) is 77.1 Å². The first kappa shape index (κ1) is 32.4. The van der Waals surface area contributed by atoms with E-state index < -0.39 is 0 Å². The summed E-state index contributed by atoms with van der Waals surface area (Å²) < 4.78 is 16.6. The molecule has 0 unspecified atom stereocenters. The van der Waals surface area contributed by atoms with Crippen LogP contribution in [0.5, 0.6) is 11.5 Å². The molecule has 4 nitrogen and oxygen atoms in total. The summed E-state index contributed by atoms with van der Waals surface area (Å²) in [6.07, 6.45) is 10.0. The van der Waals surface area contributed by atoms with Gasteiger partial charge in [0.05, 0.1) is 21.8 Å². The number of unbranched alkanes of at least 4 members (excludes halogenated alkanes) is 4. The van der Waals surface area contributed by atoms with Crippen LogP contribution in [0.1, 0.15) is 87.0 Å². The second kappa shape index (κ2) is 17.0. The van der Waals surface area contributed by atoms with Crippen molar-refractivity contribution in [3.63, 3.8) is 0 Å². The number of ether oxygens (including phenoxy) is 1. The normalized spacial score (nSPS) is 15.0. The summed E-state index contributed by atoms with van der Waals surface area (Å²) in [5.41, 5.74) is 0.777. The zero-order chi connectivity index (χ0) is 27.0. The minimum absolute atomic E-state index is 0.187. The van der Waals surface area contributed by atoms with Crippen LogP contribution < -0.4 is 9.64 Å². The van der Waals surface area contributed by atoms with Gasteiger partial charge in [-0.25, -0.2) is 0 Å². The lowest BCUT2D eigenvalue weighted by Crippen LogP contribution is -2.41. The molecule has 0 aromatic heterocycles. The minimum atomic E-state index is -0.188. The van der Waals surface area contributed by atoms with Gasteiger partial charge in [-0.3, -0.25) is 0 Å². The SMILES string of the molecule is CC1(C)O[B]OC1(C)C.CCCCCC.CCCCN(C)c1cccc(SC)c1Oc1ccccc1. The molecular formula is C30H49BNO3S. The van der Waals surface area contributed by atoms with E-state index in [0.717, 1.165) is 23.7 Å². The van der Waals surface area contributed by atoms with Crippen LogP contribution in [0.3, 0.4) is 0 Å². The Bertz CT molecular complexity index is 827. The lowest BCUT2D eigenvalue weighted by molar-refractivity contribution is 0.00578. The number of thioether (sulfide) groups is 1. The van der Waals surface area contributed by atoms with Crippen molar-refractivity contribution in [2.75, 3.05) is 24.7 Å². The summed E-state index contributed by atoms with van der Waals surface area (Å²) in [6, 6.07) is 16.3. The van der Waals surface area contributed by atoms with Gasteiger partial charge in [0.25, 0.3) is 0 Å². The highest BCUT2D eigenvalue weighted by Gasteiger charge is 2.44. The number of nitrogens with zero attached hydrogens (tertiary/aromatic N) is 1. The molecule has 201 valence electrons. The van der Waals surface area contributed by atoms with E-state index in [1.807, 2.05) is 58.0 Å². The Hall–Kier alpha value is -1.63. The van der Waals surface area contributed by atoms with Crippen LogP contribution in [0.4, 0.5) is 5.69 Å². The van der Waals surface area contributed by atoms with Crippen LogP contribution >= 0.6 is 11.8 Å². The molecule has 1 aliphatic heterocycles. The Kier molecular flexibility index (Phi) is 15.3. The molecule has 0 saturated carbocycles. The molecule has 0 spiro atoms. The van der Waals surface area contributed by atoms with Crippen LogP contribution in [-0.4, -0.2) is 38.7 Å². The summed E-state index contributed by atoms with van der Waals surface area (Å²) >= 11 is 1.72. The van der Waals surface area contributed by atoms with Crippen molar-refractivity contribution in [1.29, 1.82) is 0 Å². The van der Waals surface area contributed by atoms with Gasteiger partial charge in [0.2, 0.25) is 0 Å². The molecule has 1 fully saturated rings. The van der Waals surface area contributed by atoms with Crippen LogP contribution in [0.2, 0.25) is 0 Å². The molecule has 1 saturated heterocycles. The highest BCUT2D eigenvalue weighted by Crippen LogP contribution is 2.39. The predicted molar refractivity (Wildman–Crippen MR) is 159 cm³/mol. The van der Waals surface area contributed by atoms with Crippen molar-refractivity contribution in [1.82, 2.24) is 0 Å². The van der Waals surface area contributed by atoms with Crippen molar-refractivity contribution in [3.05, 3.63) is 48.5 Å². The number of para-hydroxylation sites is 2. The molecule has 3 rings (SSSR count). The van der Waals surface area contributed by atoms with Gasteiger partial charge in [0.1, 0.15) is 5.75 Å². The molecule has 0 N–H and O–H groups in total. The number of hydrogen-bond donors (Lipinski definition) is 0. The summed E-state index contributed by atoms with van der Waals surface area (Å²) in [5.74, 6) is 1.83. The van der Waals surface area contributed by atoms with Gasteiger partial charge in [-0.05, 0) is 64.6 Å². The molecule has 36 heavy (non-hydrogen) atoms. The van der Waals surface area contributed by atoms with E-state index in [0.29, 0.717) is 0 Å². The number of anilines is 1. The second-order valence-corrected chi connectivity index (χ2v) is 10.9. The summed E-state index contributed by atoms with van der Waals surface area (Å²) in [6.45, 7) is 15.8. The highest BCUT2D eigenvalue weighted by atomic mass is 32.2. The first-order chi connectivity index (χ1) is 17.1. The van der Waals surface area contributed by atoms with Crippen molar-refractivity contribution >= 4 is 25.1 Å². The molecule has 0 amide bonds. The Morgan fingerprint density at radius 1 is 0.806 bits per heavy atom. The minimum Gasteiger partial charge on any atom is -0.454 e. The zero-order valence-electron chi connectivity index (χ0n) is 24.2. The molecule has 0 bridgehead atoms. The Morgan fingerprint density at radius 3 is 1.81 bits per heavy atom. The van der Waals surface area contributed by atoms with E-state index in [1.165, 1.54) is 51.1 Å². The average Bonchev–Trinajstić information content (AvgIpc) is 3.12. The average molecular weight is 515 g/mol. The summed E-state index contributed by atoms with van der Waals surface area (Å²) in [5, 5.41) is 0. The van der Waals surface area contributed by atoms with Gasteiger partial charge in [0, 0.05) is 13.6 Å². The van der Waals surface area contributed by atoms with Gasteiger partial charge < -0.3 is 18.9 Å². The maximum absolute atomic E-state index is 6.17. The molecular weight excluding hydrogens is 465 g/mol. The predicted octanol–water partition coefficient (Wildman–Crippen LogP) is 9.15. The highest BCUT2D eigenvalue weighted by molar-refractivity contribution is 7.98. The fourth-order valence-corrected chi connectivity index (χ4v) is 3.79. The van der Waals surface area contributed by atoms with Crippen molar-refractivity contribution < 1.29 is 14.0 Å². The smallest absolute Gasteiger partial charge is 0.454 e. The number of rotatable bonds is 10. The van der Waals surface area contributed by atoms with Crippen LogP contribution in [0, 0.1) is 0 Å². The van der Waals surface area contributed by atoms with Gasteiger partial charge >= 0.3 is 7.69 Å². The van der Waals surface area contributed by atoms with Crippen molar-refractivity contribution in [2.45, 2.75) is 103 Å². The first-order valence-electron chi connectivity index (χ1n) is 13.4. The first-order valence-corrected chi connectivity index (χ1v) is 14.6. The third-order valence-corrected chi connectivity index (χ3v) is 7.25. The van der Waals surface area contributed by atoms with Gasteiger partial charge in [-0.2, -0.15) is 0 Å². The van der Waals surface area contributed by atoms with Crippen molar-refractivity contribution in [3.8, 4) is 11.5 Å². The Balaban J connectivity index is 0.000000354. The van der Waals surface area contributed by atoms with Gasteiger partial charge in [0.15, 0.2) is 5.75 Å². The lowest BCUT2D eigenvalue weighted by atomic mass is 9.90. The standard InChI is InChI=1S/C18H23NOS.C6H12BO2.C6H14/c1-4-5-14-19(2)16-12-9-13-17(21-3)18(16)20-15-10-7-6-8-11-15;1-5(2)6(3,4)9-7-8-5;1-3-5-6-4-2/h6-13H,4-5,14H2,1-3H3;1-4H3;3-6H2,1-2H3. The Morgan fingerprint density at radius 2 is 1.36 bits per heavy atom. The maximum Gasteiger partial charge on any atom is 0.488 e. The second-order valence-electron chi connectivity index (χ2n) is 10.1. The van der Waals surface area contributed by atoms with E-state index >= 15 is 0 Å². The molecule has 1 radical (unpaired) electrons. The zero-order valence-corrected chi connectivity index (χ0v) is 25.0. The maximum atomic E-state index is 6.17. The molecule has 0 atom stereocenters. The van der Waals surface area contributed by atoms with Gasteiger partial charge in [-0.15, -0.1) is 11.8 Å². The van der Waals surface area contributed by atoms with E-state index in [9.17, 15) is 0 Å². The molecule has 2 aromatic carbocycles. The summed E-state index contributed by atoms with van der Waals surface area (Å²) in [4.78, 5) is 3.45. The topological polar surface area (TPSA) is 30.9 Å². The third kappa shape index (κ3) is 10.8. The largest absolute Gasteiger partial charge is 0.488 e. The number of benzene rings is 2. The van der Waals surface area contributed by atoms with E-state index in [-0.39, 0.29) is 11.2 Å². The molecule has 2 aromatic rings. The fraction of sp³-hybridized carbons (Fsp3) is 0.600. The summed E-state index contributed by atoms with van der Waals surface area (Å²) in [7, 11) is 3.55. The quantitative estimate of drug-likeness (QED) is 0.179. The molecule has 6 heteroatoms. The molecule has 0 aliphatic carbocycles.